The minimum atomic E-state index is -0.693. The van der Waals surface area contributed by atoms with Crippen LogP contribution in [0.3, 0.4) is 0 Å². The third-order valence-electron chi connectivity index (χ3n) is 3.68. The molecule has 0 aliphatic heterocycles. The summed E-state index contributed by atoms with van der Waals surface area (Å²) in [6, 6.07) is 8.01. The minimum Gasteiger partial charge on any atom is -0.493 e. The zero-order chi connectivity index (χ0) is 15.9. The summed E-state index contributed by atoms with van der Waals surface area (Å²) in [5.41, 5.74) is 5.59. The zero-order valence-electron chi connectivity index (χ0n) is 13.1. The first-order valence-electron chi connectivity index (χ1n) is 6.85. The number of rotatable bonds is 5. The molecule has 112 valence electrons. The van der Waals surface area contributed by atoms with E-state index in [1.807, 2.05) is 32.0 Å². The fourth-order valence-corrected chi connectivity index (χ4v) is 2.26. The summed E-state index contributed by atoms with van der Waals surface area (Å²) in [7, 11) is 3.17. The van der Waals surface area contributed by atoms with Crippen molar-refractivity contribution in [2.45, 2.75) is 25.7 Å². The standard InChI is InChI=1S/C17H22N2O2/c1-13(2)17(12-19,9-5-6-10-18)14-7-8-15(20-3)16(11-14)21-4/h7-8,11,13H,9-10,18H2,1-4H3/t17-/m1/s1. The molecule has 1 aromatic rings. The first kappa shape index (κ1) is 16.9. The molecule has 0 heterocycles. The lowest BCUT2D eigenvalue weighted by molar-refractivity contribution is 0.350. The largest absolute Gasteiger partial charge is 0.493 e. The molecule has 1 aromatic carbocycles. The average molecular weight is 286 g/mol. The van der Waals surface area contributed by atoms with Crippen LogP contribution in [0.15, 0.2) is 18.2 Å². The number of methoxy groups -OCH3 is 2. The molecular weight excluding hydrogens is 264 g/mol. The van der Waals surface area contributed by atoms with Gasteiger partial charge in [-0.2, -0.15) is 5.26 Å². The number of hydrogen-bond donors (Lipinski definition) is 1. The van der Waals surface area contributed by atoms with Crippen molar-refractivity contribution < 1.29 is 9.47 Å². The number of nitriles is 1. The Balaban J connectivity index is 3.36. The molecule has 0 fully saturated rings. The van der Waals surface area contributed by atoms with Gasteiger partial charge in [-0.25, -0.2) is 0 Å². The topological polar surface area (TPSA) is 68.3 Å². The van der Waals surface area contributed by atoms with Crippen molar-refractivity contribution >= 4 is 0 Å². The van der Waals surface area contributed by atoms with Gasteiger partial charge in [0.05, 0.1) is 32.2 Å². The molecule has 0 saturated heterocycles. The summed E-state index contributed by atoms with van der Waals surface area (Å²) in [6.45, 7) is 4.33. The van der Waals surface area contributed by atoms with Crippen molar-refractivity contribution in [2.75, 3.05) is 20.8 Å². The van der Waals surface area contributed by atoms with E-state index < -0.39 is 5.41 Å². The Morgan fingerprint density at radius 2 is 1.86 bits per heavy atom. The molecule has 0 aromatic heterocycles. The Labute approximate surface area is 126 Å². The molecule has 0 bridgehead atoms. The molecule has 0 spiro atoms. The second-order valence-electron chi connectivity index (χ2n) is 5.04. The predicted molar refractivity (Wildman–Crippen MR) is 83.1 cm³/mol. The smallest absolute Gasteiger partial charge is 0.161 e. The Morgan fingerprint density at radius 3 is 2.33 bits per heavy atom. The summed E-state index contributed by atoms with van der Waals surface area (Å²) in [4.78, 5) is 0. The van der Waals surface area contributed by atoms with Crippen molar-refractivity contribution in [3.8, 4) is 29.4 Å². The fourth-order valence-electron chi connectivity index (χ4n) is 2.26. The van der Waals surface area contributed by atoms with Gasteiger partial charge in [0.15, 0.2) is 11.5 Å². The molecule has 21 heavy (non-hydrogen) atoms. The van der Waals surface area contributed by atoms with Crippen LogP contribution in [0.2, 0.25) is 0 Å². The van der Waals surface area contributed by atoms with Crippen molar-refractivity contribution in [1.29, 1.82) is 5.26 Å². The number of hydrogen-bond acceptors (Lipinski definition) is 4. The van der Waals surface area contributed by atoms with Crippen LogP contribution in [0, 0.1) is 29.1 Å². The maximum atomic E-state index is 9.77. The van der Waals surface area contributed by atoms with Crippen molar-refractivity contribution in [3.63, 3.8) is 0 Å². The van der Waals surface area contributed by atoms with Crippen LogP contribution < -0.4 is 15.2 Å². The number of ether oxygens (including phenoxy) is 2. The summed E-state index contributed by atoms with van der Waals surface area (Å²) in [5.74, 6) is 7.20. The average Bonchev–Trinajstić information content (AvgIpc) is 2.51. The highest BCUT2D eigenvalue weighted by atomic mass is 16.5. The highest BCUT2D eigenvalue weighted by Crippen LogP contribution is 2.39. The Hall–Kier alpha value is -2.17. The summed E-state index contributed by atoms with van der Waals surface area (Å²) in [5, 5.41) is 9.77. The van der Waals surface area contributed by atoms with Gasteiger partial charge >= 0.3 is 0 Å². The molecule has 4 nitrogen and oxygen atoms in total. The van der Waals surface area contributed by atoms with E-state index in [2.05, 4.69) is 17.9 Å². The van der Waals surface area contributed by atoms with E-state index in [4.69, 9.17) is 15.2 Å². The number of nitrogens with two attached hydrogens (primary N) is 1. The van der Waals surface area contributed by atoms with Crippen molar-refractivity contribution in [1.82, 2.24) is 0 Å². The van der Waals surface area contributed by atoms with Crippen molar-refractivity contribution in [3.05, 3.63) is 23.8 Å². The van der Waals surface area contributed by atoms with Gasteiger partial charge in [-0.15, -0.1) is 0 Å². The molecule has 0 unspecified atom stereocenters. The van der Waals surface area contributed by atoms with Gasteiger partial charge in [0, 0.05) is 6.42 Å². The molecule has 0 aliphatic rings. The second kappa shape index (κ2) is 7.57. The molecule has 0 amide bonds. The molecule has 0 saturated carbocycles. The number of benzene rings is 1. The van der Waals surface area contributed by atoms with Gasteiger partial charge in [-0.3, -0.25) is 0 Å². The molecule has 1 rings (SSSR count). The lowest BCUT2D eigenvalue weighted by Crippen LogP contribution is -2.30. The van der Waals surface area contributed by atoms with Gasteiger partial charge in [0.2, 0.25) is 0 Å². The molecular formula is C17H22N2O2. The van der Waals surface area contributed by atoms with Gasteiger partial charge in [-0.05, 0) is 23.6 Å². The van der Waals surface area contributed by atoms with Crippen LogP contribution >= 0.6 is 0 Å². The fraction of sp³-hybridized carbons (Fsp3) is 0.471. The molecule has 1 atom stereocenters. The zero-order valence-corrected chi connectivity index (χ0v) is 13.1. The molecule has 2 N–H and O–H groups in total. The highest BCUT2D eigenvalue weighted by molar-refractivity contribution is 5.48. The molecule has 0 aliphatic carbocycles. The van der Waals surface area contributed by atoms with E-state index in [-0.39, 0.29) is 5.92 Å². The first-order chi connectivity index (χ1) is 10.1. The van der Waals surface area contributed by atoms with Crippen LogP contribution in [0.5, 0.6) is 11.5 Å². The van der Waals surface area contributed by atoms with E-state index in [1.165, 1.54) is 0 Å². The first-order valence-corrected chi connectivity index (χ1v) is 6.85. The molecule has 0 radical (unpaired) electrons. The van der Waals surface area contributed by atoms with Crippen LogP contribution in [0.4, 0.5) is 0 Å². The molecule has 4 heteroatoms. The summed E-state index contributed by atoms with van der Waals surface area (Å²) < 4.78 is 10.6. The predicted octanol–water partition coefficient (Wildman–Crippen LogP) is 2.47. The monoisotopic (exact) mass is 286 g/mol. The summed E-state index contributed by atoms with van der Waals surface area (Å²) in [6.07, 6.45) is 0.438. The van der Waals surface area contributed by atoms with E-state index in [0.29, 0.717) is 24.5 Å². The maximum Gasteiger partial charge on any atom is 0.161 e. The third kappa shape index (κ3) is 3.48. The quantitative estimate of drug-likeness (QED) is 0.844. The van der Waals surface area contributed by atoms with Crippen LogP contribution in [-0.2, 0) is 5.41 Å². The normalized spacial score (nSPS) is 12.8. The second-order valence-corrected chi connectivity index (χ2v) is 5.04. The Kier molecular flexibility index (Phi) is 6.09. The Morgan fingerprint density at radius 1 is 1.19 bits per heavy atom. The number of nitrogens with zero attached hydrogens (tertiary/aromatic N) is 1. The van der Waals surface area contributed by atoms with Gasteiger partial charge in [0.1, 0.15) is 0 Å². The highest BCUT2D eigenvalue weighted by Gasteiger charge is 2.36. The van der Waals surface area contributed by atoms with Gasteiger partial charge in [-0.1, -0.05) is 31.8 Å². The van der Waals surface area contributed by atoms with Gasteiger partial charge in [0.25, 0.3) is 0 Å². The van der Waals surface area contributed by atoms with E-state index in [1.54, 1.807) is 14.2 Å². The van der Waals surface area contributed by atoms with Crippen LogP contribution in [0.1, 0.15) is 25.8 Å². The SMILES string of the molecule is COc1ccc([C@@](C#N)(CC#CCN)C(C)C)cc1OC. The Bertz CT molecular complexity index is 579. The summed E-state index contributed by atoms with van der Waals surface area (Å²) >= 11 is 0. The maximum absolute atomic E-state index is 9.77. The van der Waals surface area contributed by atoms with E-state index >= 15 is 0 Å². The minimum absolute atomic E-state index is 0.104. The van der Waals surface area contributed by atoms with E-state index in [9.17, 15) is 5.26 Å². The van der Waals surface area contributed by atoms with Gasteiger partial charge < -0.3 is 15.2 Å². The van der Waals surface area contributed by atoms with E-state index in [0.717, 1.165) is 5.56 Å². The van der Waals surface area contributed by atoms with Crippen LogP contribution in [-0.4, -0.2) is 20.8 Å². The lowest BCUT2D eigenvalue weighted by atomic mass is 9.70. The van der Waals surface area contributed by atoms with Crippen molar-refractivity contribution in [2.24, 2.45) is 11.7 Å². The third-order valence-corrected chi connectivity index (χ3v) is 3.68. The van der Waals surface area contributed by atoms with Crippen LogP contribution in [0.25, 0.3) is 0 Å². The lowest BCUT2D eigenvalue weighted by Gasteiger charge is -2.30.